The van der Waals surface area contributed by atoms with Crippen LogP contribution >= 0.6 is 0 Å². The fraction of sp³-hybridized carbons (Fsp3) is 0.571. The second-order valence-electron chi connectivity index (χ2n) is 5.65. The minimum Gasteiger partial charge on any atom is -0.352 e. The van der Waals surface area contributed by atoms with E-state index in [2.05, 4.69) is 25.7 Å². The van der Waals surface area contributed by atoms with Gasteiger partial charge in [0.05, 0.1) is 0 Å². The van der Waals surface area contributed by atoms with Crippen molar-refractivity contribution in [3.8, 4) is 0 Å². The maximum Gasteiger partial charge on any atom is 0.201 e. The Morgan fingerprint density at radius 3 is 2.28 bits per heavy atom. The molecule has 2 rings (SSSR count). The van der Waals surface area contributed by atoms with Gasteiger partial charge in [0.1, 0.15) is 0 Å². The number of benzene rings is 1. The molecule has 18 heavy (non-hydrogen) atoms. The lowest BCUT2D eigenvalue weighted by Crippen LogP contribution is -2.39. The lowest BCUT2D eigenvalue weighted by molar-refractivity contribution is -0.389. The summed E-state index contributed by atoms with van der Waals surface area (Å²) in [5.41, 5.74) is 2.00. The summed E-state index contributed by atoms with van der Waals surface area (Å²) in [5.74, 6) is -0.0508. The normalized spacial score (nSPS) is 27.9. The lowest BCUT2D eigenvalue weighted by atomic mass is 9.73. The highest BCUT2D eigenvalue weighted by atomic mass is 17.1. The zero-order chi connectivity index (χ0) is 13.3. The molecule has 3 atom stereocenters. The molecule has 1 N–H and O–H groups in total. The second-order valence-corrected chi connectivity index (χ2v) is 5.65. The Morgan fingerprint density at radius 2 is 1.78 bits per heavy atom. The van der Waals surface area contributed by atoms with E-state index in [1.165, 1.54) is 0 Å². The Morgan fingerprint density at radius 1 is 1.17 bits per heavy atom. The zero-order valence-electron chi connectivity index (χ0n) is 11.2. The summed E-state index contributed by atoms with van der Waals surface area (Å²) in [6, 6.07) is 7.94. The molecule has 1 aromatic rings. The molecule has 0 unspecified atom stereocenters. The van der Waals surface area contributed by atoms with Gasteiger partial charge in [-0.2, -0.15) is 0 Å². The zero-order valence-corrected chi connectivity index (χ0v) is 11.2. The summed E-state index contributed by atoms with van der Waals surface area (Å²) in [7, 11) is 1.58. The van der Waals surface area contributed by atoms with E-state index in [9.17, 15) is 0 Å². The molecule has 0 aromatic heterocycles. The number of hydrogen-bond donors (Lipinski definition) is 1. The van der Waals surface area contributed by atoms with Crippen molar-refractivity contribution in [1.82, 2.24) is 0 Å². The first-order valence-electron chi connectivity index (χ1n) is 6.06. The Kier molecular flexibility index (Phi) is 3.73. The number of methoxy groups -OCH3 is 1. The molecule has 0 radical (unpaired) electrons. The van der Waals surface area contributed by atoms with E-state index < -0.39 is 12.6 Å². The largest absolute Gasteiger partial charge is 0.352 e. The van der Waals surface area contributed by atoms with E-state index in [0.717, 1.165) is 11.1 Å². The van der Waals surface area contributed by atoms with Crippen LogP contribution in [0.4, 0.5) is 0 Å². The van der Waals surface area contributed by atoms with E-state index in [1.54, 1.807) is 7.11 Å². The first kappa shape index (κ1) is 13.5. The van der Waals surface area contributed by atoms with Crippen LogP contribution < -0.4 is 0 Å². The van der Waals surface area contributed by atoms with Gasteiger partial charge in [-0.15, -0.1) is 0 Å². The van der Waals surface area contributed by atoms with E-state index in [1.807, 2.05) is 24.3 Å². The van der Waals surface area contributed by atoms with Crippen molar-refractivity contribution in [2.24, 2.45) is 5.41 Å². The van der Waals surface area contributed by atoms with E-state index in [0.29, 0.717) is 0 Å². The first-order valence-corrected chi connectivity index (χ1v) is 6.06. The number of hydrogen-bond acceptors (Lipinski definition) is 4. The van der Waals surface area contributed by atoms with Crippen molar-refractivity contribution in [3.05, 3.63) is 35.4 Å². The molecule has 0 aliphatic carbocycles. The van der Waals surface area contributed by atoms with Crippen LogP contribution in [0.3, 0.4) is 0 Å². The highest BCUT2D eigenvalue weighted by Gasteiger charge is 2.43. The van der Waals surface area contributed by atoms with E-state index >= 15 is 0 Å². The summed E-state index contributed by atoms with van der Waals surface area (Å²) in [5, 5.41) is 9.08. The third-order valence-corrected chi connectivity index (χ3v) is 3.37. The molecular weight excluding hydrogens is 232 g/mol. The van der Waals surface area contributed by atoms with Crippen molar-refractivity contribution in [2.45, 2.75) is 39.3 Å². The standard InChI is InChI=1S/C14H20O4/c1-14(2,3)11-9-7-5-6-8-10(9)12(16-4)17-13(11)18-15/h5-8,11-13,15H,1-4H3/t11-,12+,13+/m1/s1. The molecule has 1 aromatic carbocycles. The molecule has 1 heterocycles. The van der Waals surface area contributed by atoms with Crippen molar-refractivity contribution < 1.29 is 19.6 Å². The average molecular weight is 252 g/mol. The van der Waals surface area contributed by atoms with Crippen molar-refractivity contribution in [2.75, 3.05) is 7.11 Å². The number of rotatable bonds is 2. The van der Waals surface area contributed by atoms with Crippen LogP contribution in [0.5, 0.6) is 0 Å². The smallest absolute Gasteiger partial charge is 0.201 e. The minimum atomic E-state index is -0.718. The molecule has 0 bridgehead atoms. The highest BCUT2D eigenvalue weighted by Crippen LogP contribution is 2.46. The van der Waals surface area contributed by atoms with Crippen LogP contribution in [0, 0.1) is 5.41 Å². The predicted molar refractivity (Wildman–Crippen MR) is 67.0 cm³/mol. The van der Waals surface area contributed by atoms with Gasteiger partial charge in [0.25, 0.3) is 0 Å². The van der Waals surface area contributed by atoms with Gasteiger partial charge < -0.3 is 9.47 Å². The van der Waals surface area contributed by atoms with Crippen LogP contribution in [0.2, 0.25) is 0 Å². The van der Waals surface area contributed by atoms with E-state index in [-0.39, 0.29) is 11.3 Å². The van der Waals surface area contributed by atoms with Gasteiger partial charge in [0.15, 0.2) is 6.29 Å². The average Bonchev–Trinajstić information content (AvgIpc) is 2.35. The molecule has 1 aliphatic heterocycles. The minimum absolute atomic E-state index is 0.0508. The summed E-state index contributed by atoms with van der Waals surface area (Å²) in [6.45, 7) is 6.28. The van der Waals surface area contributed by atoms with Crippen LogP contribution in [-0.2, 0) is 14.4 Å². The van der Waals surface area contributed by atoms with Crippen LogP contribution in [0.25, 0.3) is 0 Å². The highest BCUT2D eigenvalue weighted by molar-refractivity contribution is 5.35. The van der Waals surface area contributed by atoms with Gasteiger partial charge in [0.2, 0.25) is 6.29 Å². The fourth-order valence-electron chi connectivity index (χ4n) is 2.57. The molecule has 4 heteroatoms. The first-order chi connectivity index (χ1) is 8.49. The summed E-state index contributed by atoms with van der Waals surface area (Å²) in [6.07, 6.45) is -1.22. The summed E-state index contributed by atoms with van der Waals surface area (Å²) in [4.78, 5) is 4.52. The van der Waals surface area contributed by atoms with Gasteiger partial charge in [-0.3, -0.25) is 0 Å². The van der Waals surface area contributed by atoms with Gasteiger partial charge in [-0.1, -0.05) is 45.0 Å². The maximum absolute atomic E-state index is 9.08. The topological polar surface area (TPSA) is 47.9 Å². The molecule has 0 saturated heterocycles. The Labute approximate surface area is 107 Å². The molecular formula is C14H20O4. The molecule has 0 spiro atoms. The molecule has 100 valence electrons. The molecule has 1 aliphatic rings. The second kappa shape index (κ2) is 4.97. The van der Waals surface area contributed by atoms with Crippen LogP contribution in [-0.4, -0.2) is 18.7 Å². The molecule has 0 saturated carbocycles. The van der Waals surface area contributed by atoms with Crippen LogP contribution in [0.1, 0.15) is 44.1 Å². The van der Waals surface area contributed by atoms with Gasteiger partial charge in [-0.25, -0.2) is 10.1 Å². The monoisotopic (exact) mass is 252 g/mol. The summed E-state index contributed by atoms with van der Waals surface area (Å²) >= 11 is 0. The van der Waals surface area contributed by atoms with Gasteiger partial charge in [0, 0.05) is 18.6 Å². The fourth-order valence-corrected chi connectivity index (χ4v) is 2.57. The van der Waals surface area contributed by atoms with Crippen molar-refractivity contribution >= 4 is 0 Å². The van der Waals surface area contributed by atoms with Gasteiger partial charge in [-0.05, 0) is 11.0 Å². The number of fused-ring (bicyclic) bond motifs is 1. The third kappa shape index (κ3) is 2.29. The molecule has 0 fully saturated rings. The van der Waals surface area contributed by atoms with Crippen molar-refractivity contribution in [3.63, 3.8) is 0 Å². The SMILES string of the molecule is CO[C@H]1O[C@@H](OO)[C@H](C(C)(C)C)c2ccccc21. The molecule has 4 nitrogen and oxygen atoms in total. The lowest BCUT2D eigenvalue weighted by Gasteiger charge is -2.42. The predicted octanol–water partition coefficient (Wildman–Crippen LogP) is 3.31. The van der Waals surface area contributed by atoms with Crippen molar-refractivity contribution in [1.29, 1.82) is 0 Å². The van der Waals surface area contributed by atoms with Gasteiger partial charge >= 0.3 is 0 Å². The van der Waals surface area contributed by atoms with Crippen LogP contribution in [0.15, 0.2) is 24.3 Å². The Bertz CT molecular complexity index is 411. The Hall–Kier alpha value is -0.940. The summed E-state index contributed by atoms with van der Waals surface area (Å²) < 4.78 is 11.0. The Balaban J connectivity index is 2.51. The quantitative estimate of drug-likeness (QED) is 0.648. The maximum atomic E-state index is 9.08. The third-order valence-electron chi connectivity index (χ3n) is 3.37. The molecule has 0 amide bonds. The van der Waals surface area contributed by atoms with E-state index in [4.69, 9.17) is 14.7 Å². The number of ether oxygens (including phenoxy) is 2.